The molecule has 0 radical (unpaired) electrons. The molecule has 0 aliphatic heterocycles. The van der Waals surface area contributed by atoms with Gasteiger partial charge in [0.1, 0.15) is 5.78 Å². The summed E-state index contributed by atoms with van der Waals surface area (Å²) >= 11 is 0. The largest absolute Gasteiger partial charge is 0.300 e. The van der Waals surface area contributed by atoms with Gasteiger partial charge in [-0.1, -0.05) is 19.4 Å². The third-order valence-electron chi connectivity index (χ3n) is 8.62. The Morgan fingerprint density at radius 2 is 1.88 bits per heavy atom. The summed E-state index contributed by atoms with van der Waals surface area (Å²) in [5.74, 6) is 2.50. The van der Waals surface area contributed by atoms with Crippen molar-refractivity contribution in [2.75, 3.05) is 0 Å². The summed E-state index contributed by atoms with van der Waals surface area (Å²) in [5, 5.41) is 0. The summed E-state index contributed by atoms with van der Waals surface area (Å²) in [6.07, 6.45) is 6.98. The van der Waals surface area contributed by atoms with E-state index in [2.05, 4.69) is 20.8 Å². The summed E-state index contributed by atoms with van der Waals surface area (Å²) in [6.45, 7) is 8.45. The minimum absolute atomic E-state index is 0.0114. The van der Waals surface area contributed by atoms with Gasteiger partial charge in [-0.25, -0.2) is 0 Å². The molecule has 0 bridgehead atoms. The highest BCUT2D eigenvalue weighted by molar-refractivity contribution is 6.11. The van der Waals surface area contributed by atoms with E-state index in [1.807, 2.05) is 0 Å². The predicted molar refractivity (Wildman–Crippen MR) is 95.8 cm³/mol. The van der Waals surface area contributed by atoms with Crippen LogP contribution in [-0.2, 0) is 14.4 Å². The summed E-state index contributed by atoms with van der Waals surface area (Å²) in [4.78, 5) is 37.2. The van der Waals surface area contributed by atoms with E-state index in [1.54, 1.807) is 13.0 Å². The number of Topliss-reactive ketones (excluding diaryl/α,β-unsaturated/α-hetero) is 2. The van der Waals surface area contributed by atoms with Crippen LogP contribution >= 0.6 is 0 Å². The zero-order valence-electron chi connectivity index (χ0n) is 15.9. The van der Waals surface area contributed by atoms with Crippen LogP contribution in [-0.4, -0.2) is 17.3 Å². The van der Waals surface area contributed by atoms with Gasteiger partial charge in [-0.3, -0.25) is 14.4 Å². The Bertz CT molecular complexity index is 689. The minimum Gasteiger partial charge on any atom is -0.300 e. The zero-order valence-corrected chi connectivity index (χ0v) is 15.9. The lowest BCUT2D eigenvalue weighted by Gasteiger charge is -2.57. The number of hydrogen-bond donors (Lipinski definition) is 0. The molecule has 136 valence electrons. The SMILES string of the molecule is CC(=O)[C@H]1C(C)C[C@H]2[C@@H]3CCC4=CC(=O)CC(=O)[C@]4(C)[C@H]3CC[C@]12C. The lowest BCUT2D eigenvalue weighted by molar-refractivity contribution is -0.142. The first kappa shape index (κ1) is 17.2. The normalized spacial score (nSPS) is 49.1. The van der Waals surface area contributed by atoms with Crippen LogP contribution in [0.1, 0.15) is 66.2 Å². The van der Waals surface area contributed by atoms with Crippen molar-refractivity contribution < 1.29 is 14.4 Å². The summed E-state index contributed by atoms with van der Waals surface area (Å²) in [5.41, 5.74) is 0.750. The maximum Gasteiger partial charge on any atom is 0.163 e. The smallest absolute Gasteiger partial charge is 0.163 e. The van der Waals surface area contributed by atoms with Gasteiger partial charge in [0.25, 0.3) is 0 Å². The Morgan fingerprint density at radius 1 is 1.16 bits per heavy atom. The number of carbonyl (C=O) groups excluding carboxylic acids is 3. The average molecular weight is 342 g/mol. The van der Waals surface area contributed by atoms with Crippen molar-refractivity contribution in [2.45, 2.75) is 66.2 Å². The van der Waals surface area contributed by atoms with Crippen LogP contribution in [0.15, 0.2) is 11.6 Å². The van der Waals surface area contributed by atoms with Crippen molar-refractivity contribution in [2.24, 2.45) is 40.4 Å². The summed E-state index contributed by atoms with van der Waals surface area (Å²) < 4.78 is 0. The van der Waals surface area contributed by atoms with E-state index in [4.69, 9.17) is 0 Å². The molecule has 0 aromatic heterocycles. The van der Waals surface area contributed by atoms with Crippen LogP contribution in [0, 0.1) is 40.4 Å². The quantitative estimate of drug-likeness (QED) is 0.673. The molecular weight excluding hydrogens is 312 g/mol. The highest BCUT2D eigenvalue weighted by Gasteiger charge is 2.62. The van der Waals surface area contributed by atoms with Crippen molar-refractivity contribution in [3.8, 4) is 0 Å². The van der Waals surface area contributed by atoms with Crippen LogP contribution in [0.3, 0.4) is 0 Å². The molecule has 0 aromatic rings. The van der Waals surface area contributed by atoms with Gasteiger partial charge in [-0.15, -0.1) is 0 Å². The molecule has 0 N–H and O–H groups in total. The molecular formula is C22H30O3. The summed E-state index contributed by atoms with van der Waals surface area (Å²) in [6, 6.07) is 0. The number of rotatable bonds is 1. The van der Waals surface area contributed by atoms with Gasteiger partial charge in [0.05, 0.1) is 11.8 Å². The van der Waals surface area contributed by atoms with Gasteiger partial charge in [-0.05, 0) is 81.1 Å². The Morgan fingerprint density at radius 3 is 2.56 bits per heavy atom. The van der Waals surface area contributed by atoms with Crippen LogP contribution in [0.25, 0.3) is 0 Å². The number of fused-ring (bicyclic) bond motifs is 5. The second kappa shape index (κ2) is 5.37. The van der Waals surface area contributed by atoms with Crippen molar-refractivity contribution in [3.05, 3.63) is 11.6 Å². The third kappa shape index (κ3) is 2.13. The predicted octanol–water partition coefficient (Wildman–Crippen LogP) is 4.15. The third-order valence-corrected chi connectivity index (χ3v) is 8.62. The van der Waals surface area contributed by atoms with Gasteiger partial charge < -0.3 is 0 Å². The highest BCUT2D eigenvalue weighted by atomic mass is 16.2. The molecule has 0 aromatic carbocycles. The molecule has 0 saturated heterocycles. The highest BCUT2D eigenvalue weighted by Crippen LogP contribution is 2.67. The fourth-order valence-corrected chi connectivity index (χ4v) is 7.65. The van der Waals surface area contributed by atoms with E-state index < -0.39 is 5.41 Å². The fraction of sp³-hybridized carbons (Fsp3) is 0.773. The van der Waals surface area contributed by atoms with Crippen LogP contribution in [0.4, 0.5) is 0 Å². The molecule has 7 atom stereocenters. The Balaban J connectivity index is 1.73. The Labute approximate surface area is 150 Å². The van der Waals surface area contributed by atoms with E-state index >= 15 is 0 Å². The first-order chi connectivity index (χ1) is 11.7. The monoisotopic (exact) mass is 342 g/mol. The van der Waals surface area contributed by atoms with Gasteiger partial charge >= 0.3 is 0 Å². The molecule has 0 heterocycles. The lowest BCUT2D eigenvalue weighted by Crippen LogP contribution is -2.54. The average Bonchev–Trinajstić information content (AvgIpc) is 2.79. The maximum absolute atomic E-state index is 12.9. The van der Waals surface area contributed by atoms with Gasteiger partial charge in [-0.2, -0.15) is 0 Å². The van der Waals surface area contributed by atoms with E-state index in [-0.39, 0.29) is 29.3 Å². The van der Waals surface area contributed by atoms with Gasteiger partial charge in [0.2, 0.25) is 0 Å². The Kier molecular flexibility index (Phi) is 3.69. The minimum atomic E-state index is -0.435. The molecule has 1 unspecified atom stereocenters. The number of ketones is 3. The zero-order chi connectivity index (χ0) is 18.1. The summed E-state index contributed by atoms with van der Waals surface area (Å²) in [7, 11) is 0. The molecule has 4 aliphatic rings. The van der Waals surface area contributed by atoms with Crippen LogP contribution in [0.2, 0.25) is 0 Å². The van der Waals surface area contributed by atoms with Crippen molar-refractivity contribution in [1.82, 2.24) is 0 Å². The Hall–Kier alpha value is -1.25. The van der Waals surface area contributed by atoms with Crippen molar-refractivity contribution in [3.63, 3.8) is 0 Å². The molecule has 4 rings (SSSR count). The second-order valence-electron chi connectivity index (χ2n) is 9.70. The first-order valence-corrected chi connectivity index (χ1v) is 9.97. The van der Waals surface area contributed by atoms with Gasteiger partial charge in [0, 0.05) is 5.92 Å². The van der Waals surface area contributed by atoms with E-state index in [1.165, 1.54) is 0 Å². The van der Waals surface area contributed by atoms with E-state index in [9.17, 15) is 14.4 Å². The topological polar surface area (TPSA) is 51.2 Å². The van der Waals surface area contributed by atoms with Crippen molar-refractivity contribution >= 4 is 17.3 Å². The van der Waals surface area contributed by atoms with Gasteiger partial charge in [0.15, 0.2) is 11.6 Å². The molecule has 3 heteroatoms. The second-order valence-corrected chi connectivity index (χ2v) is 9.70. The van der Waals surface area contributed by atoms with E-state index in [0.29, 0.717) is 29.5 Å². The van der Waals surface area contributed by atoms with Crippen molar-refractivity contribution in [1.29, 1.82) is 0 Å². The standard InChI is InChI=1S/C22H30O3/c1-12-9-18-16-6-5-14-10-15(24)11-19(25)22(14,4)17(16)7-8-21(18,3)20(12)13(2)23/h10,12,16-18,20H,5-9,11H2,1-4H3/t12?,16-,17+,18+,20-,21+,22+/m1/s1. The molecule has 3 nitrogen and oxygen atoms in total. The number of carbonyl (C=O) groups is 3. The number of allylic oxidation sites excluding steroid dienone is 1. The maximum atomic E-state index is 12.9. The van der Waals surface area contributed by atoms with Crippen LogP contribution < -0.4 is 0 Å². The van der Waals surface area contributed by atoms with Crippen LogP contribution in [0.5, 0.6) is 0 Å². The first-order valence-electron chi connectivity index (χ1n) is 9.97. The molecule has 3 saturated carbocycles. The lowest BCUT2D eigenvalue weighted by atomic mass is 9.46. The van der Waals surface area contributed by atoms with E-state index in [0.717, 1.165) is 37.7 Å². The molecule has 3 fully saturated rings. The molecule has 0 spiro atoms. The fourth-order valence-electron chi connectivity index (χ4n) is 7.65. The molecule has 0 amide bonds. The molecule has 4 aliphatic carbocycles. The molecule has 25 heavy (non-hydrogen) atoms. The number of hydrogen-bond acceptors (Lipinski definition) is 3.